The van der Waals surface area contributed by atoms with Gasteiger partial charge in [-0.3, -0.25) is 0 Å². The molecule has 0 spiro atoms. The third-order valence-corrected chi connectivity index (χ3v) is 8.59. The molecule has 0 aromatic heterocycles. The Labute approximate surface area is 300 Å². The molecule has 7 fully saturated rings. The zero-order chi connectivity index (χ0) is 37.6. The summed E-state index contributed by atoms with van der Waals surface area (Å²) >= 11 is 0. The summed E-state index contributed by atoms with van der Waals surface area (Å²) < 4.78 is 48.0. The summed E-state index contributed by atoms with van der Waals surface area (Å²) in [6.07, 6.45) is -3.26. The first kappa shape index (κ1) is 41.6. The van der Waals surface area contributed by atoms with Crippen LogP contribution in [0, 0.1) is 11.8 Å². The van der Waals surface area contributed by atoms with Gasteiger partial charge in [-0.2, -0.15) is 0 Å². The lowest BCUT2D eigenvalue weighted by Gasteiger charge is -2.27. The van der Waals surface area contributed by atoms with Gasteiger partial charge in [-0.05, 0) is 43.2 Å². The number of benzene rings is 1. The van der Waals surface area contributed by atoms with Gasteiger partial charge in [0.25, 0.3) is 0 Å². The van der Waals surface area contributed by atoms with Crippen molar-refractivity contribution in [2.24, 2.45) is 11.8 Å². The minimum absolute atomic E-state index is 0.220. The van der Waals surface area contributed by atoms with Crippen molar-refractivity contribution in [1.29, 1.82) is 0 Å². The summed E-state index contributed by atoms with van der Waals surface area (Å²) in [4.78, 5) is 32.6. The molecule has 0 saturated carbocycles. The highest BCUT2D eigenvalue weighted by Crippen LogP contribution is 2.26. The highest BCUT2D eigenvalue weighted by molar-refractivity contribution is 5.89. The second-order valence-electron chi connectivity index (χ2n) is 13.0. The number of hydrogen-bond donors (Lipinski definition) is 5. The molecular formula is C34H50O18. The fraction of sp³-hybridized carbons (Fsp3) is 0.735. The Bertz CT molecular complexity index is 1220. The quantitative estimate of drug-likeness (QED) is 0.212. The number of hydrogen-bond acceptors (Lipinski definition) is 18. The fourth-order valence-corrected chi connectivity index (χ4v) is 5.66. The van der Waals surface area contributed by atoms with Gasteiger partial charge in [0.1, 0.15) is 6.10 Å². The monoisotopic (exact) mass is 746 g/mol. The number of fused-ring (bicyclic) bond motifs is 2. The van der Waals surface area contributed by atoms with Crippen LogP contribution in [0.1, 0.15) is 62.7 Å². The molecule has 7 aliphatic rings. The summed E-state index contributed by atoms with van der Waals surface area (Å²) in [5.41, 5.74) is 0.486. The molecule has 18 nitrogen and oxygen atoms in total. The Balaban J connectivity index is 0.000000150. The number of ether oxygens (including phenoxy) is 10. The first-order valence-electron chi connectivity index (χ1n) is 17.4. The minimum atomic E-state index is -1.03. The molecule has 8 rings (SSSR count). The lowest BCUT2D eigenvalue weighted by atomic mass is 10.0. The van der Waals surface area contributed by atoms with Crippen molar-refractivity contribution in [2.75, 3.05) is 33.0 Å². The number of carbonyl (C=O) groups excluding carboxylic acids is 3. The van der Waals surface area contributed by atoms with Gasteiger partial charge in [0, 0.05) is 25.9 Å². The van der Waals surface area contributed by atoms with Crippen molar-refractivity contribution in [2.45, 2.75) is 114 Å². The molecule has 1 aromatic carbocycles. The molecule has 7 heterocycles. The maximum absolute atomic E-state index is 11.7. The highest BCUT2D eigenvalue weighted by atomic mass is 16.8. The van der Waals surface area contributed by atoms with Gasteiger partial charge in [-0.15, -0.1) is 0 Å². The van der Waals surface area contributed by atoms with Gasteiger partial charge in [-0.25, -0.2) is 14.4 Å². The van der Waals surface area contributed by atoms with Gasteiger partial charge < -0.3 is 72.9 Å². The average Bonchev–Trinajstić information content (AvgIpc) is 3.89. The number of aliphatic hydroxyl groups excluding tert-OH is 5. The lowest BCUT2D eigenvalue weighted by Crippen LogP contribution is -2.42. The third-order valence-electron chi connectivity index (χ3n) is 8.59. The SMILES string of the molecule is C[C@H]1CCO[C@H](O)C1.C[C@H]1COC(O)C1.O=C(O[C@H]1CCCO[C@@H]1O)c1ccccc1.O=C1OC2C(O)OC[C@@H]2O1.O=C1OC2[C@H](CCO[C@@H]2O)O1. The highest BCUT2D eigenvalue weighted by Gasteiger charge is 2.47. The van der Waals surface area contributed by atoms with Crippen LogP contribution in [0.4, 0.5) is 9.59 Å². The molecule has 12 atom stereocenters. The van der Waals surface area contributed by atoms with E-state index < -0.39 is 74.1 Å². The van der Waals surface area contributed by atoms with Crippen molar-refractivity contribution < 1.29 is 87.3 Å². The van der Waals surface area contributed by atoms with Crippen LogP contribution in [-0.2, 0) is 47.4 Å². The van der Waals surface area contributed by atoms with E-state index in [1.54, 1.807) is 24.3 Å². The Hall–Kier alpha value is -3.17. The van der Waals surface area contributed by atoms with E-state index in [1.165, 1.54) is 0 Å². The number of esters is 1. The third kappa shape index (κ3) is 13.4. The van der Waals surface area contributed by atoms with Crippen LogP contribution in [-0.4, -0.2) is 139 Å². The predicted molar refractivity (Wildman–Crippen MR) is 172 cm³/mol. The molecule has 7 aliphatic heterocycles. The zero-order valence-corrected chi connectivity index (χ0v) is 29.1. The standard InChI is InChI=1S/C12H14O4.C6H8O5.C6H12O2.C5H6O5.C5H10O2/c13-11(9-5-2-1-3-6-9)16-10-7-4-8-15-12(10)14;7-5-4-3(1-2-9-5)10-6(8)11-4;1-5-2-3-8-6(7)4-5;6-4-3-2(1-8-4)9-5(7)10-3;1-4-2-5(6)7-3-4/h1-3,5-6,10,12,14H,4,7-8H2;3-5,7H,1-2H2;5-7H,2-4H2,1H3;2-4,6H,1H2;4-6H,2-3H2,1H3/t10-,12-;3-,4?,5-;5-,6-;2-,3?,4?;4-,5?/m00001/s1. The van der Waals surface area contributed by atoms with E-state index in [4.69, 9.17) is 53.6 Å². The summed E-state index contributed by atoms with van der Waals surface area (Å²) in [6, 6.07) is 8.72. The van der Waals surface area contributed by atoms with Crippen LogP contribution in [0.15, 0.2) is 30.3 Å². The van der Waals surface area contributed by atoms with Crippen LogP contribution in [0.25, 0.3) is 0 Å². The van der Waals surface area contributed by atoms with Crippen LogP contribution < -0.4 is 0 Å². The van der Waals surface area contributed by atoms with Crippen molar-refractivity contribution >= 4 is 18.3 Å². The second kappa shape index (κ2) is 20.9. The van der Waals surface area contributed by atoms with Crippen molar-refractivity contribution in [1.82, 2.24) is 0 Å². The number of rotatable bonds is 2. The van der Waals surface area contributed by atoms with Crippen LogP contribution >= 0.6 is 0 Å². The maximum Gasteiger partial charge on any atom is 0.509 e. The van der Waals surface area contributed by atoms with E-state index in [0.29, 0.717) is 43.5 Å². The van der Waals surface area contributed by atoms with Gasteiger partial charge in [-0.1, -0.05) is 32.0 Å². The van der Waals surface area contributed by atoms with Gasteiger partial charge >= 0.3 is 18.3 Å². The maximum atomic E-state index is 11.7. The molecule has 4 unspecified atom stereocenters. The van der Waals surface area contributed by atoms with E-state index >= 15 is 0 Å². The zero-order valence-electron chi connectivity index (χ0n) is 29.1. The van der Waals surface area contributed by atoms with Crippen LogP contribution in [0.2, 0.25) is 0 Å². The summed E-state index contributed by atoms with van der Waals surface area (Å²) in [6.45, 7) is 6.78. The summed E-state index contributed by atoms with van der Waals surface area (Å²) in [5, 5.41) is 45.1. The van der Waals surface area contributed by atoms with Gasteiger partial charge in [0.05, 0.1) is 32.0 Å². The Morgan fingerprint density at radius 3 is 1.77 bits per heavy atom. The van der Waals surface area contributed by atoms with Crippen LogP contribution in [0.3, 0.4) is 0 Å². The molecule has 52 heavy (non-hydrogen) atoms. The number of aliphatic hydroxyl groups is 5. The second-order valence-corrected chi connectivity index (χ2v) is 13.0. The normalized spacial score (nSPS) is 37.1. The summed E-state index contributed by atoms with van der Waals surface area (Å²) in [7, 11) is 0. The van der Waals surface area contributed by atoms with E-state index in [-0.39, 0.29) is 12.7 Å². The van der Waals surface area contributed by atoms with E-state index in [0.717, 1.165) is 38.9 Å². The molecule has 5 N–H and O–H groups in total. The minimum Gasteiger partial charge on any atom is -0.453 e. The molecule has 0 aliphatic carbocycles. The molecular weight excluding hydrogens is 696 g/mol. The summed E-state index contributed by atoms with van der Waals surface area (Å²) in [5.74, 6) is 0.767. The first-order valence-corrected chi connectivity index (χ1v) is 17.4. The molecule has 0 amide bonds. The van der Waals surface area contributed by atoms with E-state index in [2.05, 4.69) is 28.1 Å². The molecule has 18 heteroatoms. The van der Waals surface area contributed by atoms with Crippen molar-refractivity contribution in [3.8, 4) is 0 Å². The Morgan fingerprint density at radius 1 is 0.635 bits per heavy atom. The average molecular weight is 747 g/mol. The van der Waals surface area contributed by atoms with E-state index in [9.17, 15) is 19.5 Å². The largest absolute Gasteiger partial charge is 0.509 e. The van der Waals surface area contributed by atoms with E-state index in [1.807, 2.05) is 6.07 Å². The molecule has 294 valence electrons. The number of carbonyl (C=O) groups is 3. The Kier molecular flexibility index (Phi) is 16.7. The topological polar surface area (TPSA) is 245 Å². The first-order chi connectivity index (χ1) is 24.9. The fourth-order valence-electron chi connectivity index (χ4n) is 5.66. The molecule has 0 bridgehead atoms. The lowest BCUT2D eigenvalue weighted by molar-refractivity contribution is -0.189. The smallest absolute Gasteiger partial charge is 0.453 e. The molecule has 1 aromatic rings. The van der Waals surface area contributed by atoms with Crippen LogP contribution in [0.5, 0.6) is 0 Å². The molecule has 0 radical (unpaired) electrons. The van der Waals surface area contributed by atoms with Crippen molar-refractivity contribution in [3.63, 3.8) is 0 Å². The van der Waals surface area contributed by atoms with Gasteiger partial charge in [0.15, 0.2) is 55.9 Å². The van der Waals surface area contributed by atoms with Gasteiger partial charge in [0.2, 0.25) is 0 Å². The Morgan fingerprint density at radius 2 is 1.23 bits per heavy atom. The molecule has 7 saturated heterocycles. The predicted octanol–water partition coefficient (Wildman–Crippen LogP) is 1.32. The van der Waals surface area contributed by atoms with Crippen molar-refractivity contribution in [3.05, 3.63) is 35.9 Å².